The molecule has 0 aromatic heterocycles. The molecule has 0 N–H and O–H groups in total. The highest BCUT2D eigenvalue weighted by molar-refractivity contribution is 8.13. The van der Waals surface area contributed by atoms with Gasteiger partial charge in [-0.3, -0.25) is 0 Å². The van der Waals surface area contributed by atoms with E-state index < -0.39 is 31.5 Å². The molecular weight excluding hydrogens is 332 g/mol. The summed E-state index contributed by atoms with van der Waals surface area (Å²) in [5.74, 6) is -0.765. The Morgan fingerprint density at radius 2 is 1.57 bits per heavy atom. The summed E-state index contributed by atoms with van der Waals surface area (Å²) < 4.78 is 74.7. The van der Waals surface area contributed by atoms with Crippen LogP contribution in [0.25, 0.3) is 11.1 Å². The van der Waals surface area contributed by atoms with Crippen molar-refractivity contribution in [2.45, 2.75) is 11.1 Å². The van der Waals surface area contributed by atoms with Gasteiger partial charge in [0.1, 0.15) is 5.82 Å². The molecule has 0 aliphatic heterocycles. The van der Waals surface area contributed by atoms with Gasteiger partial charge in [0.2, 0.25) is 0 Å². The van der Waals surface area contributed by atoms with E-state index in [1.54, 1.807) is 0 Å². The summed E-state index contributed by atoms with van der Waals surface area (Å²) in [4.78, 5) is -0.788. The number of benzene rings is 2. The summed E-state index contributed by atoms with van der Waals surface area (Å²) in [6.45, 7) is 0. The number of alkyl halides is 3. The third kappa shape index (κ3) is 3.36. The van der Waals surface area contributed by atoms with Gasteiger partial charge in [-0.15, -0.1) is 0 Å². The van der Waals surface area contributed by atoms with Crippen LogP contribution in [0.1, 0.15) is 5.56 Å². The number of rotatable bonds is 2. The molecular formula is C13H7ClF4O2S. The first kappa shape index (κ1) is 15.8. The van der Waals surface area contributed by atoms with Crippen molar-refractivity contribution in [3.63, 3.8) is 0 Å². The summed E-state index contributed by atoms with van der Waals surface area (Å²) in [7, 11) is 0.695. The summed E-state index contributed by atoms with van der Waals surface area (Å²) in [6, 6.07) is 7.08. The Balaban J connectivity index is 2.77. The molecule has 2 nitrogen and oxygen atoms in total. The average Bonchev–Trinajstić information content (AvgIpc) is 2.36. The molecule has 2 rings (SSSR count). The van der Waals surface area contributed by atoms with Gasteiger partial charge in [-0.2, -0.15) is 13.2 Å². The maximum atomic E-state index is 13.7. The van der Waals surface area contributed by atoms with Crippen molar-refractivity contribution in [3.8, 4) is 11.1 Å². The van der Waals surface area contributed by atoms with Crippen LogP contribution >= 0.6 is 10.7 Å². The van der Waals surface area contributed by atoms with Crippen LogP contribution in [-0.4, -0.2) is 8.42 Å². The van der Waals surface area contributed by atoms with E-state index >= 15 is 0 Å². The largest absolute Gasteiger partial charge is 0.416 e. The molecule has 0 heterocycles. The Labute approximate surface area is 122 Å². The second kappa shape index (κ2) is 5.31. The van der Waals surface area contributed by atoms with Gasteiger partial charge in [0.05, 0.1) is 10.5 Å². The first-order valence-electron chi connectivity index (χ1n) is 5.51. The molecule has 0 saturated heterocycles. The van der Waals surface area contributed by atoms with E-state index in [0.717, 1.165) is 12.1 Å². The normalized spacial score (nSPS) is 12.4. The van der Waals surface area contributed by atoms with Crippen LogP contribution in [0.2, 0.25) is 0 Å². The van der Waals surface area contributed by atoms with Gasteiger partial charge in [0, 0.05) is 21.8 Å². The van der Waals surface area contributed by atoms with Crippen molar-refractivity contribution < 1.29 is 26.0 Å². The van der Waals surface area contributed by atoms with Gasteiger partial charge in [-0.1, -0.05) is 24.3 Å². The van der Waals surface area contributed by atoms with E-state index in [1.807, 2.05) is 0 Å². The minimum atomic E-state index is -4.73. The lowest BCUT2D eigenvalue weighted by molar-refractivity contribution is -0.137. The van der Waals surface area contributed by atoms with Crippen LogP contribution in [0.4, 0.5) is 17.6 Å². The quantitative estimate of drug-likeness (QED) is 0.599. The molecule has 0 aliphatic carbocycles. The topological polar surface area (TPSA) is 34.1 Å². The van der Waals surface area contributed by atoms with E-state index in [1.165, 1.54) is 18.2 Å². The van der Waals surface area contributed by atoms with Crippen molar-refractivity contribution in [2.24, 2.45) is 0 Å². The van der Waals surface area contributed by atoms with Gasteiger partial charge < -0.3 is 0 Å². The molecule has 0 saturated carbocycles. The van der Waals surface area contributed by atoms with E-state index in [-0.39, 0.29) is 11.1 Å². The fourth-order valence-electron chi connectivity index (χ4n) is 1.80. The van der Waals surface area contributed by atoms with Gasteiger partial charge in [0.15, 0.2) is 0 Å². The Bertz CT molecular complexity index is 785. The maximum Gasteiger partial charge on any atom is 0.416 e. The summed E-state index contributed by atoms with van der Waals surface area (Å²) in [5.41, 5.74) is -1.55. The van der Waals surface area contributed by atoms with E-state index in [2.05, 4.69) is 0 Å². The molecule has 0 fully saturated rings. The minimum Gasteiger partial charge on any atom is -0.207 e. The Morgan fingerprint density at radius 1 is 0.952 bits per heavy atom. The maximum absolute atomic E-state index is 13.7. The summed E-state index contributed by atoms with van der Waals surface area (Å²) in [5, 5.41) is 0. The second-order valence-corrected chi connectivity index (χ2v) is 6.66. The Morgan fingerprint density at radius 3 is 2.10 bits per heavy atom. The fourth-order valence-corrected chi connectivity index (χ4v) is 2.89. The molecule has 0 amide bonds. The van der Waals surface area contributed by atoms with Crippen LogP contribution in [0.5, 0.6) is 0 Å². The minimum absolute atomic E-state index is 0.148. The van der Waals surface area contributed by atoms with Crippen LogP contribution in [-0.2, 0) is 15.2 Å². The Hall–Kier alpha value is -1.60. The number of hydrogen-bond acceptors (Lipinski definition) is 2. The molecule has 0 atom stereocenters. The van der Waals surface area contributed by atoms with Crippen molar-refractivity contribution in [1.29, 1.82) is 0 Å². The first-order valence-corrected chi connectivity index (χ1v) is 7.82. The van der Waals surface area contributed by atoms with Crippen LogP contribution in [0, 0.1) is 5.82 Å². The average molecular weight is 339 g/mol. The highest BCUT2D eigenvalue weighted by atomic mass is 35.7. The monoisotopic (exact) mass is 338 g/mol. The zero-order valence-electron chi connectivity index (χ0n) is 10.2. The number of halogens is 5. The first-order chi connectivity index (χ1) is 9.60. The van der Waals surface area contributed by atoms with Gasteiger partial charge in [-0.25, -0.2) is 12.8 Å². The standard InChI is InChI=1S/C13H7ClF4O2S/c14-21(19,20)12-7-8(13(16,17)18)5-6-10(12)9-3-1-2-4-11(9)15/h1-7H. The van der Waals surface area contributed by atoms with Crippen LogP contribution in [0.3, 0.4) is 0 Å². The van der Waals surface area contributed by atoms with E-state index in [0.29, 0.717) is 12.1 Å². The summed E-state index contributed by atoms with van der Waals surface area (Å²) in [6.07, 6.45) is -4.73. The van der Waals surface area contributed by atoms with Gasteiger partial charge >= 0.3 is 6.18 Å². The molecule has 0 spiro atoms. The molecule has 0 unspecified atom stereocenters. The zero-order valence-corrected chi connectivity index (χ0v) is 11.7. The molecule has 2 aromatic rings. The van der Waals surface area contributed by atoms with Gasteiger partial charge in [-0.05, 0) is 18.2 Å². The zero-order chi connectivity index (χ0) is 15.8. The highest BCUT2D eigenvalue weighted by Gasteiger charge is 2.33. The van der Waals surface area contributed by atoms with Crippen molar-refractivity contribution in [2.75, 3.05) is 0 Å². The van der Waals surface area contributed by atoms with Crippen molar-refractivity contribution in [1.82, 2.24) is 0 Å². The third-order valence-electron chi connectivity index (χ3n) is 2.74. The molecule has 112 valence electrons. The van der Waals surface area contributed by atoms with Gasteiger partial charge in [0.25, 0.3) is 9.05 Å². The lowest BCUT2D eigenvalue weighted by atomic mass is 10.0. The van der Waals surface area contributed by atoms with Crippen molar-refractivity contribution in [3.05, 3.63) is 53.8 Å². The fraction of sp³-hybridized carbons (Fsp3) is 0.0769. The van der Waals surface area contributed by atoms with Crippen LogP contribution < -0.4 is 0 Å². The predicted octanol–water partition coefficient (Wildman–Crippen LogP) is 4.44. The lowest BCUT2D eigenvalue weighted by Crippen LogP contribution is -2.07. The van der Waals surface area contributed by atoms with Crippen molar-refractivity contribution >= 4 is 19.7 Å². The van der Waals surface area contributed by atoms with E-state index in [9.17, 15) is 26.0 Å². The van der Waals surface area contributed by atoms with Crippen LogP contribution in [0.15, 0.2) is 47.4 Å². The predicted molar refractivity (Wildman–Crippen MR) is 69.9 cm³/mol. The molecule has 0 radical (unpaired) electrons. The third-order valence-corrected chi connectivity index (χ3v) is 4.10. The molecule has 8 heteroatoms. The molecule has 0 bridgehead atoms. The smallest absolute Gasteiger partial charge is 0.207 e. The molecule has 0 aliphatic rings. The highest BCUT2D eigenvalue weighted by Crippen LogP contribution is 2.37. The summed E-state index contributed by atoms with van der Waals surface area (Å²) >= 11 is 0. The lowest BCUT2D eigenvalue weighted by Gasteiger charge is -2.12. The second-order valence-electron chi connectivity index (χ2n) is 4.13. The SMILES string of the molecule is O=S(=O)(Cl)c1cc(C(F)(F)F)ccc1-c1ccccc1F. The Kier molecular flexibility index (Phi) is 3.99. The molecule has 21 heavy (non-hydrogen) atoms. The van der Waals surface area contributed by atoms with E-state index in [4.69, 9.17) is 10.7 Å². The molecule has 2 aromatic carbocycles. The number of hydrogen-bond donors (Lipinski definition) is 0.